The van der Waals surface area contributed by atoms with Crippen LogP contribution in [-0.2, 0) is 19.7 Å². The van der Waals surface area contributed by atoms with Crippen molar-refractivity contribution in [1.82, 2.24) is 0 Å². The number of benzene rings is 2. The molecule has 0 spiro atoms. The van der Waals surface area contributed by atoms with Crippen molar-refractivity contribution < 1.29 is 28.5 Å². The Morgan fingerprint density at radius 1 is 1.00 bits per heavy atom. The van der Waals surface area contributed by atoms with E-state index in [0.717, 1.165) is 0 Å². The summed E-state index contributed by atoms with van der Waals surface area (Å²) in [6.07, 6.45) is 0. The van der Waals surface area contributed by atoms with Gasteiger partial charge in [0.15, 0.2) is 24.7 Å². The molecule has 0 saturated carbocycles. The van der Waals surface area contributed by atoms with Crippen LogP contribution < -0.4 is 19.5 Å². The van der Waals surface area contributed by atoms with Gasteiger partial charge in [-0.25, -0.2) is 4.79 Å². The molecule has 7 heteroatoms. The SMILES string of the molecule is CC(C)(C)c1ccc(OCC(=O)OCC(=O)Nc2ccc3c(c2)OCO3)cc1. The third-order valence-corrected chi connectivity index (χ3v) is 4.10. The van der Waals surface area contributed by atoms with Gasteiger partial charge in [-0.2, -0.15) is 0 Å². The molecule has 0 unspecified atom stereocenters. The molecule has 148 valence electrons. The lowest BCUT2D eigenvalue weighted by atomic mass is 9.87. The van der Waals surface area contributed by atoms with E-state index in [2.05, 4.69) is 26.1 Å². The first kappa shape index (κ1) is 19.5. The number of carbonyl (C=O) groups is 2. The number of carbonyl (C=O) groups excluding carboxylic acids is 2. The van der Waals surface area contributed by atoms with Gasteiger partial charge in [-0.1, -0.05) is 32.9 Å². The van der Waals surface area contributed by atoms with E-state index in [9.17, 15) is 9.59 Å². The summed E-state index contributed by atoms with van der Waals surface area (Å²) in [5, 5.41) is 2.63. The Morgan fingerprint density at radius 2 is 1.71 bits per heavy atom. The van der Waals surface area contributed by atoms with Crippen LogP contribution in [0.3, 0.4) is 0 Å². The predicted molar refractivity (Wildman–Crippen MR) is 103 cm³/mol. The van der Waals surface area contributed by atoms with Gasteiger partial charge in [0.2, 0.25) is 6.79 Å². The normalized spacial score (nSPS) is 12.4. The molecule has 3 rings (SSSR count). The summed E-state index contributed by atoms with van der Waals surface area (Å²) in [7, 11) is 0. The quantitative estimate of drug-likeness (QED) is 0.769. The van der Waals surface area contributed by atoms with E-state index in [1.807, 2.05) is 12.1 Å². The van der Waals surface area contributed by atoms with Crippen LogP contribution in [0, 0.1) is 0 Å². The van der Waals surface area contributed by atoms with E-state index >= 15 is 0 Å². The third-order valence-electron chi connectivity index (χ3n) is 4.10. The van der Waals surface area contributed by atoms with Gasteiger partial charge < -0.3 is 24.3 Å². The molecule has 0 radical (unpaired) electrons. The van der Waals surface area contributed by atoms with Crippen LogP contribution in [0.2, 0.25) is 0 Å². The molecule has 1 aliphatic rings. The molecule has 2 aromatic carbocycles. The molecule has 28 heavy (non-hydrogen) atoms. The van der Waals surface area contributed by atoms with Crippen LogP contribution in [0.4, 0.5) is 5.69 Å². The lowest BCUT2D eigenvalue weighted by Gasteiger charge is -2.19. The number of nitrogens with one attached hydrogen (secondary N) is 1. The third kappa shape index (κ3) is 5.16. The summed E-state index contributed by atoms with van der Waals surface area (Å²) < 4.78 is 20.8. The van der Waals surface area contributed by atoms with E-state index in [0.29, 0.717) is 22.9 Å². The zero-order valence-corrected chi connectivity index (χ0v) is 16.1. The first-order chi connectivity index (χ1) is 13.3. The number of ether oxygens (including phenoxy) is 4. The Balaban J connectivity index is 1.41. The number of hydrogen-bond donors (Lipinski definition) is 1. The predicted octanol–water partition coefficient (Wildman–Crippen LogP) is 3.27. The van der Waals surface area contributed by atoms with Crippen LogP contribution in [0.1, 0.15) is 26.3 Å². The summed E-state index contributed by atoms with van der Waals surface area (Å²) in [6, 6.07) is 12.5. The number of hydrogen-bond acceptors (Lipinski definition) is 6. The minimum atomic E-state index is -0.624. The molecule has 7 nitrogen and oxygen atoms in total. The van der Waals surface area contributed by atoms with Crippen molar-refractivity contribution in [3.8, 4) is 17.2 Å². The highest BCUT2D eigenvalue weighted by Gasteiger charge is 2.15. The number of esters is 1. The Morgan fingerprint density at radius 3 is 2.43 bits per heavy atom. The van der Waals surface area contributed by atoms with E-state index in [4.69, 9.17) is 18.9 Å². The summed E-state index contributed by atoms with van der Waals surface area (Å²) in [6.45, 7) is 5.84. The van der Waals surface area contributed by atoms with Gasteiger partial charge in [0, 0.05) is 11.8 Å². The second kappa shape index (κ2) is 8.21. The Hall–Kier alpha value is -3.22. The molecule has 1 heterocycles. The van der Waals surface area contributed by atoms with Crippen LogP contribution in [0.5, 0.6) is 17.2 Å². The van der Waals surface area contributed by atoms with E-state index in [-0.39, 0.29) is 18.8 Å². The molecular formula is C21H23NO6. The zero-order valence-electron chi connectivity index (χ0n) is 16.1. The van der Waals surface area contributed by atoms with Crippen molar-refractivity contribution in [1.29, 1.82) is 0 Å². The number of amides is 1. The zero-order chi connectivity index (χ0) is 20.1. The van der Waals surface area contributed by atoms with Gasteiger partial charge in [-0.15, -0.1) is 0 Å². The highest BCUT2D eigenvalue weighted by atomic mass is 16.7. The van der Waals surface area contributed by atoms with Crippen LogP contribution in [-0.4, -0.2) is 31.9 Å². The van der Waals surface area contributed by atoms with Crippen molar-refractivity contribution in [3.63, 3.8) is 0 Å². The maximum absolute atomic E-state index is 11.9. The first-order valence-electron chi connectivity index (χ1n) is 8.90. The fourth-order valence-electron chi connectivity index (χ4n) is 2.55. The minimum absolute atomic E-state index is 0.0444. The van der Waals surface area contributed by atoms with E-state index in [1.165, 1.54) is 5.56 Å². The molecule has 0 aliphatic carbocycles. The highest BCUT2D eigenvalue weighted by Crippen LogP contribution is 2.34. The van der Waals surface area contributed by atoms with Gasteiger partial charge in [0.05, 0.1) is 0 Å². The van der Waals surface area contributed by atoms with E-state index in [1.54, 1.807) is 30.3 Å². The van der Waals surface area contributed by atoms with E-state index < -0.39 is 18.5 Å². The lowest BCUT2D eigenvalue weighted by Crippen LogP contribution is -2.23. The maximum Gasteiger partial charge on any atom is 0.344 e. The van der Waals surface area contributed by atoms with Gasteiger partial charge in [0.1, 0.15) is 5.75 Å². The monoisotopic (exact) mass is 385 g/mol. The van der Waals surface area contributed by atoms with Gasteiger partial charge >= 0.3 is 5.97 Å². The standard InChI is InChI=1S/C21H23NO6/c1-21(2,3)14-4-7-16(8-5-14)25-12-20(24)26-11-19(23)22-15-6-9-17-18(10-15)28-13-27-17/h4-10H,11-13H2,1-3H3,(H,22,23). The van der Waals surface area contributed by atoms with Crippen LogP contribution >= 0.6 is 0 Å². The first-order valence-corrected chi connectivity index (χ1v) is 8.90. The Labute approximate surface area is 163 Å². The molecule has 1 N–H and O–H groups in total. The maximum atomic E-state index is 11.9. The van der Waals surface area contributed by atoms with Crippen LogP contribution in [0.15, 0.2) is 42.5 Å². The molecule has 1 aliphatic heterocycles. The van der Waals surface area contributed by atoms with Gasteiger partial charge in [-0.05, 0) is 35.2 Å². The topological polar surface area (TPSA) is 83.1 Å². The van der Waals surface area contributed by atoms with Crippen molar-refractivity contribution in [2.45, 2.75) is 26.2 Å². The van der Waals surface area contributed by atoms with Crippen molar-refractivity contribution >= 4 is 17.6 Å². The van der Waals surface area contributed by atoms with Crippen molar-refractivity contribution in [3.05, 3.63) is 48.0 Å². The van der Waals surface area contributed by atoms with Crippen molar-refractivity contribution in [2.75, 3.05) is 25.3 Å². The largest absolute Gasteiger partial charge is 0.482 e. The molecule has 0 saturated heterocycles. The fraction of sp³-hybridized carbons (Fsp3) is 0.333. The second-order valence-electron chi connectivity index (χ2n) is 7.34. The minimum Gasteiger partial charge on any atom is -0.482 e. The second-order valence-corrected chi connectivity index (χ2v) is 7.34. The summed E-state index contributed by atoms with van der Waals surface area (Å²) >= 11 is 0. The smallest absolute Gasteiger partial charge is 0.344 e. The molecule has 0 atom stereocenters. The lowest BCUT2D eigenvalue weighted by molar-refractivity contribution is -0.149. The Kier molecular flexibility index (Phi) is 5.73. The highest BCUT2D eigenvalue weighted by molar-refractivity contribution is 5.93. The molecule has 0 fully saturated rings. The average molecular weight is 385 g/mol. The molecule has 0 aromatic heterocycles. The summed E-state index contributed by atoms with van der Waals surface area (Å²) in [5.41, 5.74) is 1.74. The molecule has 0 bridgehead atoms. The van der Waals surface area contributed by atoms with Crippen LogP contribution in [0.25, 0.3) is 0 Å². The summed E-state index contributed by atoms with van der Waals surface area (Å²) in [4.78, 5) is 23.7. The summed E-state index contributed by atoms with van der Waals surface area (Å²) in [5.74, 6) is 0.662. The number of fused-ring (bicyclic) bond motifs is 1. The van der Waals surface area contributed by atoms with Crippen molar-refractivity contribution in [2.24, 2.45) is 0 Å². The number of anilines is 1. The van der Waals surface area contributed by atoms with Gasteiger partial charge in [0.25, 0.3) is 5.91 Å². The Bertz CT molecular complexity index is 854. The fourth-order valence-corrected chi connectivity index (χ4v) is 2.55. The molecule has 2 aromatic rings. The van der Waals surface area contributed by atoms with Gasteiger partial charge in [-0.3, -0.25) is 4.79 Å². The number of rotatable bonds is 6. The molecular weight excluding hydrogens is 362 g/mol. The average Bonchev–Trinajstić information content (AvgIpc) is 3.12. The molecule has 1 amide bonds.